The molecule has 1 unspecified atom stereocenters. The highest BCUT2D eigenvalue weighted by molar-refractivity contribution is 5.12. The third-order valence-corrected chi connectivity index (χ3v) is 3.61. The average molecular weight is 267 g/mol. The number of hydrogen-bond acceptors (Lipinski definition) is 4. The Balaban J connectivity index is 1.98. The molecule has 0 radical (unpaired) electrons. The molecule has 0 spiro atoms. The van der Waals surface area contributed by atoms with Gasteiger partial charge in [0.1, 0.15) is 0 Å². The zero-order chi connectivity index (χ0) is 13.7. The number of aryl methyl sites for hydroxylation is 2. The SMILES string of the molecule is CCc1cc(CC(CC2OCCO2)NC)n(CC)n1. The summed E-state index contributed by atoms with van der Waals surface area (Å²) in [5.41, 5.74) is 2.46. The molecule has 1 aromatic rings. The van der Waals surface area contributed by atoms with Gasteiger partial charge in [-0.05, 0) is 26.5 Å². The van der Waals surface area contributed by atoms with E-state index in [1.54, 1.807) is 0 Å². The number of likely N-dealkylation sites (N-methyl/N-ethyl adjacent to an activating group) is 1. The van der Waals surface area contributed by atoms with Crippen molar-refractivity contribution < 1.29 is 9.47 Å². The van der Waals surface area contributed by atoms with Gasteiger partial charge in [-0.2, -0.15) is 5.10 Å². The Kier molecular flexibility index (Phi) is 5.36. The van der Waals surface area contributed by atoms with Crippen molar-refractivity contribution in [2.75, 3.05) is 20.3 Å². The zero-order valence-corrected chi connectivity index (χ0v) is 12.2. The van der Waals surface area contributed by atoms with Crippen molar-refractivity contribution in [1.82, 2.24) is 15.1 Å². The summed E-state index contributed by atoms with van der Waals surface area (Å²) in [6.45, 7) is 6.62. The van der Waals surface area contributed by atoms with Gasteiger partial charge in [-0.25, -0.2) is 0 Å². The zero-order valence-electron chi connectivity index (χ0n) is 12.2. The van der Waals surface area contributed by atoms with Crippen molar-refractivity contribution in [3.05, 3.63) is 17.5 Å². The lowest BCUT2D eigenvalue weighted by Gasteiger charge is -2.19. The van der Waals surface area contributed by atoms with Gasteiger partial charge in [0.15, 0.2) is 6.29 Å². The first-order chi connectivity index (χ1) is 9.26. The summed E-state index contributed by atoms with van der Waals surface area (Å²) in [6, 6.07) is 2.57. The third kappa shape index (κ3) is 3.78. The molecule has 0 amide bonds. The lowest BCUT2D eigenvalue weighted by Crippen LogP contribution is -2.33. The van der Waals surface area contributed by atoms with Gasteiger partial charge < -0.3 is 14.8 Å². The van der Waals surface area contributed by atoms with Crippen LogP contribution >= 0.6 is 0 Å². The number of ether oxygens (including phenoxy) is 2. The second-order valence-corrected chi connectivity index (χ2v) is 4.89. The molecule has 2 rings (SSSR count). The second-order valence-electron chi connectivity index (χ2n) is 4.89. The Morgan fingerprint density at radius 2 is 2.16 bits per heavy atom. The molecule has 1 aromatic heterocycles. The molecule has 1 aliphatic heterocycles. The quantitative estimate of drug-likeness (QED) is 0.810. The second kappa shape index (κ2) is 7.03. The maximum atomic E-state index is 5.52. The van der Waals surface area contributed by atoms with E-state index < -0.39 is 0 Å². The summed E-state index contributed by atoms with van der Waals surface area (Å²) >= 11 is 0. The Morgan fingerprint density at radius 3 is 2.74 bits per heavy atom. The van der Waals surface area contributed by atoms with E-state index in [0.29, 0.717) is 19.3 Å². The summed E-state index contributed by atoms with van der Waals surface area (Å²) in [5.74, 6) is 0. The summed E-state index contributed by atoms with van der Waals surface area (Å²) in [7, 11) is 1.99. The van der Waals surface area contributed by atoms with E-state index in [-0.39, 0.29) is 6.29 Å². The van der Waals surface area contributed by atoms with E-state index in [9.17, 15) is 0 Å². The van der Waals surface area contributed by atoms with E-state index >= 15 is 0 Å². The molecule has 5 nitrogen and oxygen atoms in total. The highest BCUT2D eigenvalue weighted by Crippen LogP contribution is 2.15. The summed E-state index contributed by atoms with van der Waals surface area (Å²) < 4.78 is 13.1. The third-order valence-electron chi connectivity index (χ3n) is 3.61. The van der Waals surface area contributed by atoms with Gasteiger partial charge in [0.25, 0.3) is 0 Å². The van der Waals surface area contributed by atoms with Gasteiger partial charge in [0.2, 0.25) is 0 Å². The lowest BCUT2D eigenvalue weighted by molar-refractivity contribution is -0.0523. The van der Waals surface area contributed by atoms with Gasteiger partial charge in [-0.3, -0.25) is 4.68 Å². The first kappa shape index (κ1) is 14.5. The van der Waals surface area contributed by atoms with E-state index in [4.69, 9.17) is 9.47 Å². The molecule has 1 atom stereocenters. The molecular weight excluding hydrogens is 242 g/mol. The van der Waals surface area contributed by atoms with Crippen LogP contribution < -0.4 is 5.32 Å². The summed E-state index contributed by atoms with van der Waals surface area (Å²) in [6.07, 6.45) is 2.77. The van der Waals surface area contributed by atoms with Gasteiger partial charge >= 0.3 is 0 Å². The number of nitrogens with one attached hydrogen (secondary N) is 1. The van der Waals surface area contributed by atoms with Crippen molar-refractivity contribution in [2.24, 2.45) is 0 Å². The van der Waals surface area contributed by atoms with Gasteiger partial charge in [0, 0.05) is 31.1 Å². The predicted molar refractivity (Wildman–Crippen MR) is 74.1 cm³/mol. The Labute approximate surface area is 115 Å². The smallest absolute Gasteiger partial charge is 0.159 e. The van der Waals surface area contributed by atoms with Crippen LogP contribution in [0.25, 0.3) is 0 Å². The number of rotatable bonds is 7. The highest BCUT2D eigenvalue weighted by atomic mass is 16.7. The molecule has 108 valence electrons. The molecular formula is C14H25N3O2. The Bertz CT molecular complexity index is 386. The normalized spacial score (nSPS) is 18.1. The van der Waals surface area contributed by atoms with E-state index in [2.05, 4.69) is 35.0 Å². The minimum atomic E-state index is -0.0545. The van der Waals surface area contributed by atoms with Crippen LogP contribution in [0.2, 0.25) is 0 Å². The molecule has 1 fully saturated rings. The van der Waals surface area contributed by atoms with Gasteiger partial charge in [-0.1, -0.05) is 6.92 Å². The molecule has 1 saturated heterocycles. The maximum Gasteiger partial charge on any atom is 0.159 e. The van der Waals surface area contributed by atoms with Crippen LogP contribution in [0.5, 0.6) is 0 Å². The molecule has 2 heterocycles. The van der Waals surface area contributed by atoms with E-state index in [0.717, 1.165) is 25.8 Å². The van der Waals surface area contributed by atoms with Crippen molar-refractivity contribution in [2.45, 2.75) is 52.0 Å². The van der Waals surface area contributed by atoms with Crippen LogP contribution in [0, 0.1) is 0 Å². The molecule has 5 heteroatoms. The number of nitrogens with zero attached hydrogens (tertiary/aromatic N) is 2. The summed E-state index contributed by atoms with van der Waals surface area (Å²) in [4.78, 5) is 0. The van der Waals surface area contributed by atoms with Crippen LogP contribution in [-0.4, -0.2) is 42.4 Å². The van der Waals surface area contributed by atoms with Gasteiger partial charge in [-0.15, -0.1) is 0 Å². The van der Waals surface area contributed by atoms with Crippen LogP contribution in [0.1, 0.15) is 31.7 Å². The van der Waals surface area contributed by atoms with Crippen LogP contribution in [0.3, 0.4) is 0 Å². The first-order valence-electron chi connectivity index (χ1n) is 7.22. The average Bonchev–Trinajstić information content (AvgIpc) is 3.06. The van der Waals surface area contributed by atoms with Crippen molar-refractivity contribution in [3.8, 4) is 0 Å². The molecule has 0 aromatic carbocycles. The fourth-order valence-electron chi connectivity index (χ4n) is 2.46. The summed E-state index contributed by atoms with van der Waals surface area (Å²) in [5, 5.41) is 7.95. The van der Waals surface area contributed by atoms with Crippen molar-refractivity contribution in [1.29, 1.82) is 0 Å². The van der Waals surface area contributed by atoms with Gasteiger partial charge in [0.05, 0.1) is 18.9 Å². The molecule has 0 aliphatic carbocycles. The highest BCUT2D eigenvalue weighted by Gasteiger charge is 2.21. The number of hydrogen-bond donors (Lipinski definition) is 1. The minimum Gasteiger partial charge on any atom is -0.350 e. The maximum absolute atomic E-state index is 5.52. The molecule has 1 aliphatic rings. The van der Waals surface area contributed by atoms with Crippen molar-refractivity contribution >= 4 is 0 Å². The van der Waals surface area contributed by atoms with Crippen molar-refractivity contribution in [3.63, 3.8) is 0 Å². The molecule has 0 bridgehead atoms. The first-order valence-corrected chi connectivity index (χ1v) is 7.22. The van der Waals surface area contributed by atoms with Crippen LogP contribution in [0.4, 0.5) is 0 Å². The van der Waals surface area contributed by atoms with E-state index in [1.165, 1.54) is 11.4 Å². The largest absolute Gasteiger partial charge is 0.350 e. The molecule has 19 heavy (non-hydrogen) atoms. The Hall–Kier alpha value is -0.910. The lowest BCUT2D eigenvalue weighted by atomic mass is 10.1. The fraction of sp³-hybridized carbons (Fsp3) is 0.786. The van der Waals surface area contributed by atoms with Crippen LogP contribution in [-0.2, 0) is 28.9 Å². The molecule has 1 N–H and O–H groups in total. The standard InChI is InChI=1S/C14H25N3O2/c1-4-11-8-13(17(5-2)16-11)9-12(15-3)10-14-18-6-7-19-14/h8,12,14-15H,4-7,9-10H2,1-3H3. The predicted octanol–water partition coefficient (Wildman–Crippen LogP) is 1.36. The molecule has 0 saturated carbocycles. The Morgan fingerprint density at radius 1 is 1.42 bits per heavy atom. The topological polar surface area (TPSA) is 48.3 Å². The monoisotopic (exact) mass is 267 g/mol. The van der Waals surface area contributed by atoms with Crippen LogP contribution in [0.15, 0.2) is 6.07 Å². The minimum absolute atomic E-state index is 0.0545. The fourth-order valence-corrected chi connectivity index (χ4v) is 2.46. The van der Waals surface area contributed by atoms with E-state index in [1.807, 2.05) is 7.05 Å². The number of aromatic nitrogens is 2.